The summed E-state index contributed by atoms with van der Waals surface area (Å²) in [5.74, 6) is 1.59. The highest BCUT2D eigenvalue weighted by atomic mass is 16.3. The van der Waals surface area contributed by atoms with Crippen molar-refractivity contribution in [2.75, 3.05) is 30.4 Å². The van der Waals surface area contributed by atoms with Crippen LogP contribution in [0, 0.1) is 0 Å². The molecule has 0 amide bonds. The lowest BCUT2D eigenvalue weighted by atomic mass is 10.1. The smallest absolute Gasteiger partial charge is 0.241 e. The first-order valence-electron chi connectivity index (χ1n) is 6.61. The number of β-amino-alcohol motifs (C(OH)–C–C–N with tert-alkyl or cyclic N) is 1. The molecule has 20 heavy (non-hydrogen) atoms. The van der Waals surface area contributed by atoms with Crippen LogP contribution < -0.4 is 10.2 Å². The number of aromatic nitrogens is 5. The Morgan fingerprint density at radius 1 is 1.30 bits per heavy atom. The summed E-state index contributed by atoms with van der Waals surface area (Å²) in [4.78, 5) is 19.1. The molecule has 1 unspecified atom stereocenters. The fourth-order valence-corrected chi connectivity index (χ4v) is 2.24. The summed E-state index contributed by atoms with van der Waals surface area (Å²) < 4.78 is 1.73. The lowest BCUT2D eigenvalue weighted by Crippen LogP contribution is -2.39. The quantitative estimate of drug-likeness (QED) is 0.818. The van der Waals surface area contributed by atoms with Crippen LogP contribution in [0.5, 0.6) is 0 Å². The Bertz CT molecular complexity index is 571. The first-order valence-corrected chi connectivity index (χ1v) is 6.61. The topological polar surface area (TPSA) is 92.0 Å². The maximum atomic E-state index is 9.78. The molecule has 0 bridgehead atoms. The molecule has 1 aliphatic heterocycles. The number of nitrogens with zero attached hydrogens (tertiary/aromatic N) is 6. The third-order valence-corrected chi connectivity index (χ3v) is 3.25. The summed E-state index contributed by atoms with van der Waals surface area (Å²) in [5.41, 5.74) is 0. The standard InChI is InChI=1S/C12H17N7O/c1-13-10-15-11(18-5-2-3-9(20)7-18)17-12(16-10)19-6-4-14-8-19/h4,6,8-9,20H,2-3,5,7H2,1H3,(H,13,15,16,17). The van der Waals surface area contributed by atoms with Crippen molar-refractivity contribution in [1.29, 1.82) is 0 Å². The molecule has 0 radical (unpaired) electrons. The van der Waals surface area contributed by atoms with E-state index in [1.54, 1.807) is 30.3 Å². The van der Waals surface area contributed by atoms with Crippen molar-refractivity contribution in [3.8, 4) is 5.95 Å². The second kappa shape index (κ2) is 5.41. The van der Waals surface area contributed by atoms with E-state index in [0.29, 0.717) is 24.4 Å². The van der Waals surface area contributed by atoms with Gasteiger partial charge in [0.15, 0.2) is 0 Å². The molecule has 0 saturated carbocycles. The third kappa shape index (κ3) is 2.55. The van der Waals surface area contributed by atoms with E-state index < -0.39 is 0 Å². The molecule has 2 N–H and O–H groups in total. The van der Waals surface area contributed by atoms with Gasteiger partial charge in [-0.2, -0.15) is 15.0 Å². The Morgan fingerprint density at radius 2 is 2.15 bits per heavy atom. The van der Waals surface area contributed by atoms with Gasteiger partial charge in [0, 0.05) is 32.5 Å². The largest absolute Gasteiger partial charge is 0.391 e. The molecule has 0 spiro atoms. The lowest BCUT2D eigenvalue weighted by molar-refractivity contribution is 0.153. The number of rotatable bonds is 3. The Labute approximate surface area is 116 Å². The van der Waals surface area contributed by atoms with Gasteiger partial charge in [0.05, 0.1) is 6.10 Å². The minimum atomic E-state index is -0.324. The molecular formula is C12H17N7O. The minimum absolute atomic E-state index is 0.324. The molecule has 1 saturated heterocycles. The van der Waals surface area contributed by atoms with E-state index in [2.05, 4.69) is 25.3 Å². The number of aliphatic hydroxyl groups excluding tert-OH is 1. The van der Waals surface area contributed by atoms with Gasteiger partial charge in [-0.25, -0.2) is 4.98 Å². The first-order chi connectivity index (χ1) is 9.76. The predicted molar refractivity (Wildman–Crippen MR) is 73.9 cm³/mol. The van der Waals surface area contributed by atoms with Crippen LogP contribution >= 0.6 is 0 Å². The van der Waals surface area contributed by atoms with Gasteiger partial charge in [0.2, 0.25) is 17.8 Å². The molecule has 8 nitrogen and oxygen atoms in total. The van der Waals surface area contributed by atoms with Crippen LogP contribution in [0.25, 0.3) is 5.95 Å². The average Bonchev–Trinajstić information content (AvgIpc) is 3.01. The fourth-order valence-electron chi connectivity index (χ4n) is 2.24. The number of hydrogen-bond acceptors (Lipinski definition) is 7. The Morgan fingerprint density at radius 3 is 2.85 bits per heavy atom. The molecular weight excluding hydrogens is 258 g/mol. The molecule has 2 aromatic rings. The van der Waals surface area contributed by atoms with Gasteiger partial charge >= 0.3 is 0 Å². The number of aliphatic hydroxyl groups is 1. The number of nitrogens with one attached hydrogen (secondary N) is 1. The van der Waals surface area contributed by atoms with Crippen LogP contribution in [-0.4, -0.2) is 55.9 Å². The highest BCUT2D eigenvalue weighted by Crippen LogP contribution is 2.18. The van der Waals surface area contributed by atoms with Crippen molar-refractivity contribution in [3.63, 3.8) is 0 Å². The average molecular weight is 275 g/mol. The molecule has 1 atom stereocenters. The van der Waals surface area contributed by atoms with Crippen LogP contribution in [-0.2, 0) is 0 Å². The van der Waals surface area contributed by atoms with E-state index in [-0.39, 0.29) is 6.10 Å². The summed E-state index contributed by atoms with van der Waals surface area (Å²) in [6.45, 7) is 1.39. The number of piperidine rings is 1. The second-order valence-corrected chi connectivity index (χ2v) is 4.72. The van der Waals surface area contributed by atoms with Gasteiger partial charge < -0.3 is 15.3 Å². The summed E-state index contributed by atoms with van der Waals surface area (Å²) in [5, 5.41) is 12.7. The first kappa shape index (κ1) is 12.8. The molecule has 2 aromatic heterocycles. The maximum Gasteiger partial charge on any atom is 0.241 e. The third-order valence-electron chi connectivity index (χ3n) is 3.25. The summed E-state index contributed by atoms with van der Waals surface area (Å²) in [6, 6.07) is 0. The molecule has 8 heteroatoms. The fraction of sp³-hybridized carbons (Fsp3) is 0.500. The number of hydrogen-bond donors (Lipinski definition) is 2. The zero-order valence-corrected chi connectivity index (χ0v) is 11.3. The minimum Gasteiger partial charge on any atom is -0.391 e. The zero-order valence-electron chi connectivity index (χ0n) is 11.3. The van der Waals surface area contributed by atoms with E-state index in [4.69, 9.17) is 0 Å². The lowest BCUT2D eigenvalue weighted by Gasteiger charge is -2.30. The Kier molecular flexibility index (Phi) is 3.46. The zero-order chi connectivity index (χ0) is 13.9. The van der Waals surface area contributed by atoms with Crippen molar-refractivity contribution in [3.05, 3.63) is 18.7 Å². The molecule has 0 aromatic carbocycles. The molecule has 3 heterocycles. The van der Waals surface area contributed by atoms with E-state index in [1.165, 1.54) is 0 Å². The van der Waals surface area contributed by atoms with Crippen LogP contribution in [0.15, 0.2) is 18.7 Å². The molecule has 106 valence electrons. The maximum absolute atomic E-state index is 9.78. The summed E-state index contributed by atoms with van der Waals surface area (Å²) in [6.07, 6.45) is 6.53. The highest BCUT2D eigenvalue weighted by molar-refractivity contribution is 5.40. The normalized spacial score (nSPS) is 19.1. The highest BCUT2D eigenvalue weighted by Gasteiger charge is 2.21. The second-order valence-electron chi connectivity index (χ2n) is 4.72. The van der Waals surface area contributed by atoms with Crippen molar-refractivity contribution in [1.82, 2.24) is 24.5 Å². The van der Waals surface area contributed by atoms with E-state index in [1.807, 2.05) is 4.90 Å². The van der Waals surface area contributed by atoms with Gasteiger partial charge in [-0.3, -0.25) is 4.57 Å². The van der Waals surface area contributed by atoms with Gasteiger partial charge in [-0.05, 0) is 12.8 Å². The summed E-state index contributed by atoms with van der Waals surface area (Å²) in [7, 11) is 1.77. The molecule has 0 aliphatic carbocycles. The van der Waals surface area contributed by atoms with E-state index in [0.717, 1.165) is 19.4 Å². The van der Waals surface area contributed by atoms with Gasteiger partial charge in [0.25, 0.3) is 0 Å². The van der Waals surface area contributed by atoms with E-state index in [9.17, 15) is 5.11 Å². The molecule has 3 rings (SSSR count). The SMILES string of the molecule is CNc1nc(N2CCCC(O)C2)nc(-n2ccnc2)n1. The van der Waals surface area contributed by atoms with Crippen LogP contribution in [0.2, 0.25) is 0 Å². The van der Waals surface area contributed by atoms with Gasteiger partial charge in [-0.15, -0.1) is 0 Å². The Balaban J connectivity index is 1.96. The van der Waals surface area contributed by atoms with Crippen LogP contribution in [0.4, 0.5) is 11.9 Å². The van der Waals surface area contributed by atoms with Crippen molar-refractivity contribution < 1.29 is 5.11 Å². The number of imidazole rings is 1. The van der Waals surface area contributed by atoms with Crippen molar-refractivity contribution in [2.24, 2.45) is 0 Å². The Hall–Kier alpha value is -2.22. The monoisotopic (exact) mass is 275 g/mol. The molecule has 1 aliphatic rings. The van der Waals surface area contributed by atoms with Crippen LogP contribution in [0.1, 0.15) is 12.8 Å². The van der Waals surface area contributed by atoms with Gasteiger partial charge in [-0.1, -0.05) is 0 Å². The molecule has 1 fully saturated rings. The predicted octanol–water partition coefficient (Wildman–Crippen LogP) is 0.0601. The van der Waals surface area contributed by atoms with Crippen LogP contribution in [0.3, 0.4) is 0 Å². The van der Waals surface area contributed by atoms with Crippen molar-refractivity contribution >= 4 is 11.9 Å². The van der Waals surface area contributed by atoms with Gasteiger partial charge in [0.1, 0.15) is 6.33 Å². The number of anilines is 2. The summed E-state index contributed by atoms with van der Waals surface area (Å²) >= 11 is 0. The van der Waals surface area contributed by atoms with E-state index >= 15 is 0 Å². The van der Waals surface area contributed by atoms with Crippen molar-refractivity contribution in [2.45, 2.75) is 18.9 Å².